The van der Waals surface area contributed by atoms with Gasteiger partial charge in [0, 0.05) is 0 Å². The zero-order valence-electron chi connectivity index (χ0n) is 11.5. The molecule has 0 atom stereocenters. The summed E-state index contributed by atoms with van der Waals surface area (Å²) in [6, 6.07) is 11.6. The van der Waals surface area contributed by atoms with Crippen LogP contribution in [0.15, 0.2) is 53.2 Å². The summed E-state index contributed by atoms with van der Waals surface area (Å²) in [4.78, 5) is 11.7. The molecule has 19 heavy (non-hydrogen) atoms. The van der Waals surface area contributed by atoms with Crippen LogP contribution in [0.3, 0.4) is 0 Å². The molecule has 0 radical (unpaired) electrons. The second-order valence-electron chi connectivity index (χ2n) is 5.55. The smallest absolute Gasteiger partial charge is 0.221 e. The highest BCUT2D eigenvalue weighted by molar-refractivity contribution is 6.04. The Morgan fingerprint density at radius 1 is 1.11 bits per heavy atom. The lowest BCUT2D eigenvalue weighted by Gasteiger charge is -2.18. The van der Waals surface area contributed by atoms with Crippen molar-refractivity contribution in [3.05, 3.63) is 65.6 Å². The Morgan fingerprint density at radius 3 is 2.32 bits per heavy atom. The molecule has 2 aromatic rings. The Kier molecular flexibility index (Phi) is 3.70. The molecule has 98 valence electrons. The van der Waals surface area contributed by atoms with Crippen LogP contribution in [0.4, 0.5) is 0 Å². The lowest BCUT2D eigenvalue weighted by atomic mass is 9.87. The van der Waals surface area contributed by atoms with E-state index in [1.165, 1.54) is 17.9 Å². The monoisotopic (exact) mass is 254 g/mol. The summed E-state index contributed by atoms with van der Waals surface area (Å²) in [6.07, 6.45) is 4.83. The number of benzene rings is 1. The van der Waals surface area contributed by atoms with Gasteiger partial charge in [-0.05, 0) is 34.8 Å². The van der Waals surface area contributed by atoms with Gasteiger partial charge in [0.15, 0.2) is 5.76 Å². The number of ketones is 1. The quantitative estimate of drug-likeness (QED) is 0.597. The fourth-order valence-electron chi connectivity index (χ4n) is 1.77. The van der Waals surface area contributed by atoms with E-state index in [1.807, 2.05) is 12.1 Å². The van der Waals surface area contributed by atoms with Gasteiger partial charge in [0.1, 0.15) is 0 Å². The first-order chi connectivity index (χ1) is 8.97. The van der Waals surface area contributed by atoms with Crippen LogP contribution in [0.5, 0.6) is 0 Å². The normalized spacial score (nSPS) is 11.9. The van der Waals surface area contributed by atoms with Crippen molar-refractivity contribution < 1.29 is 9.21 Å². The van der Waals surface area contributed by atoms with Crippen LogP contribution in [-0.2, 0) is 5.41 Å². The predicted molar refractivity (Wildman–Crippen MR) is 77.2 cm³/mol. The predicted octanol–water partition coefficient (Wildman–Crippen LogP) is 4.47. The van der Waals surface area contributed by atoms with Crippen molar-refractivity contribution in [3.63, 3.8) is 0 Å². The minimum atomic E-state index is -0.120. The third-order valence-corrected chi connectivity index (χ3v) is 2.97. The topological polar surface area (TPSA) is 30.2 Å². The van der Waals surface area contributed by atoms with Crippen molar-refractivity contribution in [2.45, 2.75) is 26.2 Å². The summed E-state index contributed by atoms with van der Waals surface area (Å²) < 4.78 is 5.05. The van der Waals surface area contributed by atoms with E-state index in [1.54, 1.807) is 18.2 Å². The largest absolute Gasteiger partial charge is 0.461 e. The number of furan rings is 1. The molecule has 0 spiro atoms. The highest BCUT2D eigenvalue weighted by atomic mass is 16.3. The summed E-state index contributed by atoms with van der Waals surface area (Å²) >= 11 is 0. The Bertz CT molecular complexity index is 567. The molecule has 0 aliphatic carbocycles. The van der Waals surface area contributed by atoms with Crippen LogP contribution in [0.2, 0.25) is 0 Å². The fraction of sp³-hybridized carbons (Fsp3) is 0.235. The number of rotatable bonds is 3. The van der Waals surface area contributed by atoms with Crippen LogP contribution in [0, 0.1) is 0 Å². The van der Waals surface area contributed by atoms with Gasteiger partial charge in [-0.1, -0.05) is 51.1 Å². The average Bonchev–Trinajstić information content (AvgIpc) is 2.89. The number of hydrogen-bond acceptors (Lipinski definition) is 2. The molecular weight excluding hydrogens is 236 g/mol. The van der Waals surface area contributed by atoms with Crippen molar-refractivity contribution in [1.29, 1.82) is 0 Å². The first-order valence-corrected chi connectivity index (χ1v) is 6.33. The van der Waals surface area contributed by atoms with E-state index in [0.29, 0.717) is 5.76 Å². The minimum Gasteiger partial charge on any atom is -0.461 e. The van der Waals surface area contributed by atoms with Gasteiger partial charge >= 0.3 is 0 Å². The van der Waals surface area contributed by atoms with Crippen molar-refractivity contribution in [2.24, 2.45) is 0 Å². The number of hydrogen-bond donors (Lipinski definition) is 0. The molecule has 2 rings (SSSR count). The Hall–Kier alpha value is -2.09. The molecule has 2 heteroatoms. The standard InChI is InChI=1S/C17H18O2/c1-17(2,3)14-9-6-13(7-10-14)8-11-15(18)16-5-4-12-19-16/h4-12H,1-3H3. The molecule has 1 aromatic carbocycles. The lowest BCUT2D eigenvalue weighted by molar-refractivity contribution is 0.102. The summed E-state index contributed by atoms with van der Waals surface area (Å²) in [5, 5.41) is 0. The van der Waals surface area contributed by atoms with Crippen LogP contribution in [-0.4, -0.2) is 5.78 Å². The third kappa shape index (κ3) is 3.44. The Balaban J connectivity index is 2.10. The molecule has 0 fully saturated rings. The number of carbonyl (C=O) groups is 1. The molecule has 0 bridgehead atoms. The van der Waals surface area contributed by atoms with Gasteiger partial charge < -0.3 is 4.42 Å². The van der Waals surface area contributed by atoms with E-state index >= 15 is 0 Å². The molecule has 0 unspecified atom stereocenters. The highest BCUT2D eigenvalue weighted by Gasteiger charge is 2.12. The van der Waals surface area contributed by atoms with Crippen LogP contribution in [0.25, 0.3) is 6.08 Å². The molecule has 0 saturated carbocycles. The number of carbonyl (C=O) groups excluding carboxylic acids is 1. The molecule has 0 saturated heterocycles. The molecule has 0 aliphatic heterocycles. The van der Waals surface area contributed by atoms with Gasteiger partial charge in [-0.2, -0.15) is 0 Å². The summed E-state index contributed by atoms with van der Waals surface area (Å²) in [5.74, 6) is 0.243. The average molecular weight is 254 g/mol. The van der Waals surface area contributed by atoms with Crippen molar-refractivity contribution >= 4 is 11.9 Å². The minimum absolute atomic E-state index is 0.120. The van der Waals surface area contributed by atoms with Gasteiger partial charge in [-0.25, -0.2) is 0 Å². The molecule has 0 amide bonds. The van der Waals surface area contributed by atoms with Crippen LogP contribution < -0.4 is 0 Å². The van der Waals surface area contributed by atoms with E-state index in [0.717, 1.165) is 5.56 Å². The van der Waals surface area contributed by atoms with Gasteiger partial charge in [0.2, 0.25) is 5.78 Å². The fourth-order valence-corrected chi connectivity index (χ4v) is 1.77. The first-order valence-electron chi connectivity index (χ1n) is 6.33. The SMILES string of the molecule is CC(C)(C)c1ccc(C=CC(=O)c2ccco2)cc1. The lowest BCUT2D eigenvalue weighted by Crippen LogP contribution is -2.10. The summed E-state index contributed by atoms with van der Waals surface area (Å²) in [7, 11) is 0. The molecule has 2 nitrogen and oxygen atoms in total. The van der Waals surface area contributed by atoms with E-state index in [-0.39, 0.29) is 11.2 Å². The van der Waals surface area contributed by atoms with E-state index in [2.05, 4.69) is 32.9 Å². The van der Waals surface area contributed by atoms with E-state index in [4.69, 9.17) is 4.42 Å². The second kappa shape index (κ2) is 5.27. The third-order valence-electron chi connectivity index (χ3n) is 2.97. The second-order valence-corrected chi connectivity index (χ2v) is 5.55. The summed E-state index contributed by atoms with van der Waals surface area (Å²) in [6.45, 7) is 6.54. The molecule has 1 heterocycles. The van der Waals surface area contributed by atoms with Crippen molar-refractivity contribution in [1.82, 2.24) is 0 Å². The Morgan fingerprint density at radius 2 is 1.79 bits per heavy atom. The van der Waals surface area contributed by atoms with E-state index in [9.17, 15) is 4.79 Å². The molecular formula is C17H18O2. The molecule has 1 aromatic heterocycles. The Labute approximate surface area is 113 Å². The molecule has 0 aliphatic rings. The van der Waals surface area contributed by atoms with Gasteiger partial charge in [-0.3, -0.25) is 4.79 Å². The molecule has 0 N–H and O–H groups in total. The van der Waals surface area contributed by atoms with Gasteiger partial charge in [-0.15, -0.1) is 0 Å². The zero-order valence-corrected chi connectivity index (χ0v) is 11.5. The maximum absolute atomic E-state index is 11.7. The van der Waals surface area contributed by atoms with E-state index < -0.39 is 0 Å². The first kappa shape index (κ1) is 13.3. The van der Waals surface area contributed by atoms with Crippen molar-refractivity contribution in [3.8, 4) is 0 Å². The van der Waals surface area contributed by atoms with Crippen LogP contribution in [0.1, 0.15) is 42.5 Å². The number of allylic oxidation sites excluding steroid dienone is 1. The zero-order chi connectivity index (χ0) is 13.9. The van der Waals surface area contributed by atoms with Crippen molar-refractivity contribution in [2.75, 3.05) is 0 Å². The highest BCUT2D eigenvalue weighted by Crippen LogP contribution is 2.22. The van der Waals surface area contributed by atoms with Gasteiger partial charge in [0.25, 0.3) is 0 Å². The maximum Gasteiger partial charge on any atom is 0.221 e. The van der Waals surface area contributed by atoms with Crippen LogP contribution >= 0.6 is 0 Å². The van der Waals surface area contributed by atoms with Gasteiger partial charge in [0.05, 0.1) is 6.26 Å². The summed E-state index contributed by atoms with van der Waals surface area (Å²) in [5.41, 5.74) is 2.43. The maximum atomic E-state index is 11.7.